The Morgan fingerprint density at radius 1 is 1.13 bits per heavy atom. The number of hydrogen-bond donors (Lipinski definition) is 2. The fourth-order valence-corrected chi connectivity index (χ4v) is 1.16. The average molecular weight is 204 g/mol. The number of nitrogens with two attached hydrogens (primary N) is 2. The fourth-order valence-electron chi connectivity index (χ4n) is 1.16. The van der Waals surface area contributed by atoms with Crippen LogP contribution in [0.2, 0.25) is 0 Å². The van der Waals surface area contributed by atoms with Gasteiger partial charge in [-0.15, -0.1) is 5.10 Å². The molecule has 0 saturated heterocycles. The smallest absolute Gasteiger partial charge is 0.211 e. The summed E-state index contributed by atoms with van der Waals surface area (Å²) in [5.41, 5.74) is 12.5. The molecule has 0 unspecified atom stereocenters. The molecule has 0 atom stereocenters. The Morgan fingerprint density at radius 3 is 2.40 bits per heavy atom. The molecular weight excluding hydrogens is 188 g/mol. The van der Waals surface area contributed by atoms with E-state index in [9.17, 15) is 0 Å². The summed E-state index contributed by atoms with van der Waals surface area (Å²) in [5, 5.41) is 7.49. The molecule has 4 N–H and O–H groups in total. The van der Waals surface area contributed by atoms with Crippen LogP contribution in [0.3, 0.4) is 0 Å². The highest BCUT2D eigenvalue weighted by atomic mass is 15.3. The quantitative estimate of drug-likeness (QED) is 0.440. The first-order chi connectivity index (χ1) is 7.18. The second-order valence-corrected chi connectivity index (χ2v) is 3.35. The highest BCUT2D eigenvalue weighted by Crippen LogP contribution is 2.03. The van der Waals surface area contributed by atoms with E-state index in [-0.39, 0.29) is 5.96 Å². The van der Waals surface area contributed by atoms with Gasteiger partial charge in [0.25, 0.3) is 0 Å². The Labute approximate surface area is 89.7 Å². The average Bonchev–Trinajstić information content (AvgIpc) is 2.25. The van der Waals surface area contributed by atoms with Gasteiger partial charge >= 0.3 is 0 Å². The van der Waals surface area contributed by atoms with Crippen molar-refractivity contribution < 1.29 is 0 Å². The molecule has 0 aromatic heterocycles. The van der Waals surface area contributed by atoms with Crippen LogP contribution in [-0.2, 0) is 6.42 Å². The fraction of sp³-hybridized carbons (Fsp3) is 0.273. The molecule has 0 spiro atoms. The van der Waals surface area contributed by atoms with Crippen LogP contribution in [0.25, 0.3) is 0 Å². The molecular formula is C11H16N4. The van der Waals surface area contributed by atoms with Gasteiger partial charge < -0.3 is 11.5 Å². The van der Waals surface area contributed by atoms with Crippen LogP contribution in [0.15, 0.2) is 40.5 Å². The summed E-state index contributed by atoms with van der Waals surface area (Å²) in [6, 6.07) is 10.2. The third kappa shape index (κ3) is 4.81. The summed E-state index contributed by atoms with van der Waals surface area (Å²) in [4.78, 5) is 0. The van der Waals surface area contributed by atoms with Crippen molar-refractivity contribution in [2.75, 3.05) is 0 Å². The van der Waals surface area contributed by atoms with E-state index in [2.05, 4.69) is 22.3 Å². The van der Waals surface area contributed by atoms with E-state index in [1.54, 1.807) is 0 Å². The molecule has 1 rings (SSSR count). The molecule has 0 radical (unpaired) electrons. The molecule has 4 nitrogen and oxygen atoms in total. The Morgan fingerprint density at radius 2 is 1.80 bits per heavy atom. The third-order valence-electron chi connectivity index (χ3n) is 1.95. The first kappa shape index (κ1) is 11.2. The molecule has 80 valence electrons. The molecule has 4 heteroatoms. The van der Waals surface area contributed by atoms with E-state index in [4.69, 9.17) is 11.5 Å². The summed E-state index contributed by atoms with van der Waals surface area (Å²) in [6.45, 7) is 1.91. The molecule has 0 aliphatic rings. The van der Waals surface area contributed by atoms with Gasteiger partial charge in [0.05, 0.1) is 0 Å². The van der Waals surface area contributed by atoms with Crippen molar-refractivity contribution in [2.45, 2.75) is 19.8 Å². The minimum absolute atomic E-state index is 0.00550. The standard InChI is InChI=1S/C11H16N4/c1-9(14-15-11(12)13)7-8-10-5-3-2-4-6-10/h2-6H,7-8H2,1H3,(H4,12,13,15). The number of guanidine groups is 1. The Bertz CT molecular complexity index is 350. The lowest BCUT2D eigenvalue weighted by Gasteiger charge is -1.99. The number of aryl methyl sites for hydroxylation is 1. The predicted octanol–water partition coefficient (Wildman–Crippen LogP) is 1.27. The van der Waals surface area contributed by atoms with Crippen LogP contribution < -0.4 is 11.5 Å². The van der Waals surface area contributed by atoms with Gasteiger partial charge in [-0.2, -0.15) is 5.10 Å². The number of nitrogens with zero attached hydrogens (tertiary/aromatic N) is 2. The van der Waals surface area contributed by atoms with Crippen molar-refractivity contribution >= 4 is 11.7 Å². The third-order valence-corrected chi connectivity index (χ3v) is 1.95. The molecule has 0 bridgehead atoms. The van der Waals surface area contributed by atoms with E-state index in [1.807, 2.05) is 25.1 Å². The predicted molar refractivity (Wildman–Crippen MR) is 63.7 cm³/mol. The van der Waals surface area contributed by atoms with Crippen molar-refractivity contribution in [1.29, 1.82) is 0 Å². The van der Waals surface area contributed by atoms with Crippen LogP contribution in [0.5, 0.6) is 0 Å². The Hall–Kier alpha value is -1.84. The van der Waals surface area contributed by atoms with Crippen LogP contribution >= 0.6 is 0 Å². The van der Waals surface area contributed by atoms with Gasteiger partial charge in [-0.3, -0.25) is 0 Å². The van der Waals surface area contributed by atoms with Crippen molar-refractivity contribution in [1.82, 2.24) is 0 Å². The summed E-state index contributed by atoms with van der Waals surface area (Å²) in [5.74, 6) is -0.00550. The van der Waals surface area contributed by atoms with Crippen molar-refractivity contribution in [2.24, 2.45) is 21.7 Å². The minimum Gasteiger partial charge on any atom is -0.369 e. The maximum atomic E-state index is 5.17. The van der Waals surface area contributed by atoms with Gasteiger partial charge in [0, 0.05) is 5.71 Å². The number of benzene rings is 1. The molecule has 0 heterocycles. The summed E-state index contributed by atoms with van der Waals surface area (Å²) in [6.07, 6.45) is 1.82. The van der Waals surface area contributed by atoms with Crippen LogP contribution in [-0.4, -0.2) is 11.7 Å². The zero-order valence-electron chi connectivity index (χ0n) is 8.85. The molecule has 1 aromatic rings. The SMILES string of the molecule is CC(CCc1ccccc1)=NN=C(N)N. The van der Waals surface area contributed by atoms with Gasteiger partial charge in [-0.05, 0) is 25.3 Å². The summed E-state index contributed by atoms with van der Waals surface area (Å²) >= 11 is 0. The zero-order valence-corrected chi connectivity index (χ0v) is 8.85. The monoisotopic (exact) mass is 204 g/mol. The lowest BCUT2D eigenvalue weighted by atomic mass is 10.1. The van der Waals surface area contributed by atoms with E-state index in [1.165, 1.54) is 5.56 Å². The van der Waals surface area contributed by atoms with Crippen LogP contribution in [0, 0.1) is 0 Å². The van der Waals surface area contributed by atoms with Crippen molar-refractivity contribution in [3.05, 3.63) is 35.9 Å². The molecule has 15 heavy (non-hydrogen) atoms. The normalized spacial score (nSPS) is 11.1. The number of rotatable bonds is 4. The van der Waals surface area contributed by atoms with E-state index in [0.717, 1.165) is 18.6 Å². The molecule has 0 aliphatic carbocycles. The summed E-state index contributed by atoms with van der Waals surface area (Å²) in [7, 11) is 0. The first-order valence-electron chi connectivity index (χ1n) is 4.84. The van der Waals surface area contributed by atoms with Crippen molar-refractivity contribution in [3.63, 3.8) is 0 Å². The first-order valence-corrected chi connectivity index (χ1v) is 4.84. The molecule has 0 fully saturated rings. The topological polar surface area (TPSA) is 76.8 Å². The highest BCUT2D eigenvalue weighted by molar-refractivity contribution is 5.83. The Balaban J connectivity index is 2.44. The van der Waals surface area contributed by atoms with Gasteiger partial charge in [-0.25, -0.2) is 0 Å². The maximum Gasteiger partial charge on any atom is 0.211 e. The molecule has 0 saturated carbocycles. The lowest BCUT2D eigenvalue weighted by molar-refractivity contribution is 1.01. The lowest BCUT2D eigenvalue weighted by Crippen LogP contribution is -2.22. The molecule has 1 aromatic carbocycles. The number of hydrogen-bond acceptors (Lipinski definition) is 2. The summed E-state index contributed by atoms with van der Waals surface area (Å²) < 4.78 is 0. The second kappa shape index (κ2) is 5.80. The van der Waals surface area contributed by atoms with Crippen molar-refractivity contribution in [3.8, 4) is 0 Å². The molecule has 0 amide bonds. The van der Waals surface area contributed by atoms with Gasteiger partial charge in [0.15, 0.2) is 0 Å². The van der Waals surface area contributed by atoms with E-state index < -0.39 is 0 Å². The van der Waals surface area contributed by atoms with E-state index >= 15 is 0 Å². The van der Waals surface area contributed by atoms with Gasteiger partial charge in [-0.1, -0.05) is 30.3 Å². The Kier molecular flexibility index (Phi) is 4.34. The maximum absolute atomic E-state index is 5.17. The molecule has 0 aliphatic heterocycles. The largest absolute Gasteiger partial charge is 0.369 e. The highest BCUT2D eigenvalue weighted by Gasteiger charge is 1.94. The van der Waals surface area contributed by atoms with Gasteiger partial charge in [0.2, 0.25) is 5.96 Å². The van der Waals surface area contributed by atoms with E-state index in [0.29, 0.717) is 0 Å². The van der Waals surface area contributed by atoms with Crippen LogP contribution in [0.4, 0.5) is 0 Å². The van der Waals surface area contributed by atoms with Crippen LogP contribution in [0.1, 0.15) is 18.9 Å². The second-order valence-electron chi connectivity index (χ2n) is 3.35. The zero-order chi connectivity index (χ0) is 11.1. The van der Waals surface area contributed by atoms with Gasteiger partial charge in [0.1, 0.15) is 0 Å². The minimum atomic E-state index is -0.00550.